The number of aromatic nitrogens is 3. The minimum atomic E-state index is -0.107. The van der Waals surface area contributed by atoms with E-state index in [1.54, 1.807) is 29.8 Å². The molecule has 3 heterocycles. The van der Waals surface area contributed by atoms with E-state index in [1.165, 1.54) is 11.8 Å². The highest BCUT2D eigenvalue weighted by Crippen LogP contribution is 2.26. The first-order chi connectivity index (χ1) is 13.8. The van der Waals surface area contributed by atoms with Crippen molar-refractivity contribution in [3.05, 3.63) is 84.1 Å². The van der Waals surface area contributed by atoms with Gasteiger partial charge in [-0.15, -0.1) is 11.3 Å². The SMILES string of the molecule is O=C(Cc1csc(-c2ccccc2)n1)Nc1ccnc(Sc2ccccn2)c1. The van der Waals surface area contributed by atoms with Gasteiger partial charge in [-0.3, -0.25) is 4.79 Å². The summed E-state index contributed by atoms with van der Waals surface area (Å²) >= 11 is 2.99. The summed E-state index contributed by atoms with van der Waals surface area (Å²) in [6, 6.07) is 19.3. The maximum Gasteiger partial charge on any atom is 0.230 e. The summed E-state index contributed by atoms with van der Waals surface area (Å²) in [5.74, 6) is -0.107. The van der Waals surface area contributed by atoms with Crippen molar-refractivity contribution in [2.75, 3.05) is 5.32 Å². The summed E-state index contributed by atoms with van der Waals surface area (Å²) in [4.78, 5) is 25.6. The second kappa shape index (κ2) is 8.77. The quantitative estimate of drug-likeness (QED) is 0.493. The van der Waals surface area contributed by atoms with Crippen LogP contribution in [-0.2, 0) is 11.2 Å². The van der Waals surface area contributed by atoms with Gasteiger partial charge in [0.1, 0.15) is 15.1 Å². The highest BCUT2D eigenvalue weighted by atomic mass is 32.2. The number of hydrogen-bond donors (Lipinski definition) is 1. The third-order valence-electron chi connectivity index (χ3n) is 3.78. The Morgan fingerprint density at radius 2 is 1.79 bits per heavy atom. The minimum Gasteiger partial charge on any atom is -0.326 e. The minimum absolute atomic E-state index is 0.107. The molecule has 138 valence electrons. The summed E-state index contributed by atoms with van der Waals surface area (Å²) in [5.41, 5.74) is 2.53. The average molecular weight is 405 g/mol. The zero-order valence-corrected chi connectivity index (χ0v) is 16.4. The van der Waals surface area contributed by atoms with E-state index in [9.17, 15) is 4.79 Å². The van der Waals surface area contributed by atoms with E-state index in [2.05, 4.69) is 20.3 Å². The molecule has 3 aromatic heterocycles. The molecule has 4 aromatic rings. The smallest absolute Gasteiger partial charge is 0.230 e. The summed E-state index contributed by atoms with van der Waals surface area (Å²) in [6.45, 7) is 0. The molecule has 0 aliphatic carbocycles. The van der Waals surface area contributed by atoms with Gasteiger partial charge >= 0.3 is 0 Å². The van der Waals surface area contributed by atoms with Gasteiger partial charge in [0.2, 0.25) is 5.91 Å². The highest BCUT2D eigenvalue weighted by molar-refractivity contribution is 7.99. The predicted octanol–water partition coefficient (Wildman–Crippen LogP) is 4.93. The van der Waals surface area contributed by atoms with E-state index in [-0.39, 0.29) is 12.3 Å². The van der Waals surface area contributed by atoms with Gasteiger partial charge in [0.05, 0.1) is 12.1 Å². The molecular formula is C21H16N4OS2. The fraction of sp³-hybridized carbons (Fsp3) is 0.0476. The van der Waals surface area contributed by atoms with Gasteiger partial charge in [-0.1, -0.05) is 48.2 Å². The Balaban J connectivity index is 1.39. The van der Waals surface area contributed by atoms with Crippen LogP contribution in [0.5, 0.6) is 0 Å². The number of hydrogen-bond acceptors (Lipinski definition) is 6. The summed E-state index contributed by atoms with van der Waals surface area (Å²) < 4.78 is 0. The highest BCUT2D eigenvalue weighted by Gasteiger charge is 2.10. The molecule has 4 rings (SSSR count). The van der Waals surface area contributed by atoms with Crippen LogP contribution in [0.1, 0.15) is 5.69 Å². The molecule has 7 heteroatoms. The molecule has 0 saturated heterocycles. The molecule has 28 heavy (non-hydrogen) atoms. The third kappa shape index (κ3) is 4.82. The molecule has 1 amide bonds. The first-order valence-corrected chi connectivity index (χ1v) is 10.3. The van der Waals surface area contributed by atoms with Crippen molar-refractivity contribution >= 4 is 34.7 Å². The first kappa shape index (κ1) is 18.3. The van der Waals surface area contributed by atoms with E-state index >= 15 is 0 Å². The molecule has 0 atom stereocenters. The van der Waals surface area contributed by atoms with Crippen LogP contribution in [0.3, 0.4) is 0 Å². The van der Waals surface area contributed by atoms with Gasteiger partial charge in [0.15, 0.2) is 0 Å². The molecule has 0 saturated carbocycles. The summed E-state index contributed by atoms with van der Waals surface area (Å²) in [6.07, 6.45) is 3.65. The zero-order valence-electron chi connectivity index (χ0n) is 14.8. The lowest BCUT2D eigenvalue weighted by molar-refractivity contribution is -0.115. The normalized spacial score (nSPS) is 10.6. The van der Waals surface area contributed by atoms with Crippen LogP contribution in [0, 0.1) is 0 Å². The van der Waals surface area contributed by atoms with Crippen LogP contribution in [-0.4, -0.2) is 20.9 Å². The Hall–Kier alpha value is -3.03. The fourth-order valence-corrected chi connectivity index (χ4v) is 4.13. The van der Waals surface area contributed by atoms with Crippen molar-refractivity contribution in [2.45, 2.75) is 16.5 Å². The number of nitrogens with one attached hydrogen (secondary N) is 1. The van der Waals surface area contributed by atoms with E-state index in [0.717, 1.165) is 26.3 Å². The average Bonchev–Trinajstić information content (AvgIpc) is 3.18. The fourth-order valence-electron chi connectivity index (χ4n) is 2.53. The van der Waals surface area contributed by atoms with Crippen molar-refractivity contribution in [3.63, 3.8) is 0 Å². The lowest BCUT2D eigenvalue weighted by Crippen LogP contribution is -2.14. The van der Waals surface area contributed by atoms with Crippen LogP contribution in [0.2, 0.25) is 0 Å². The van der Waals surface area contributed by atoms with Crippen molar-refractivity contribution < 1.29 is 4.79 Å². The van der Waals surface area contributed by atoms with Gasteiger partial charge in [-0.25, -0.2) is 15.0 Å². The molecule has 0 bridgehead atoms. The Kier molecular flexibility index (Phi) is 5.75. The van der Waals surface area contributed by atoms with Crippen molar-refractivity contribution in [3.8, 4) is 10.6 Å². The lowest BCUT2D eigenvalue weighted by atomic mass is 10.2. The first-order valence-electron chi connectivity index (χ1n) is 8.61. The van der Waals surface area contributed by atoms with E-state index in [4.69, 9.17) is 0 Å². The number of carbonyl (C=O) groups excluding carboxylic acids is 1. The largest absolute Gasteiger partial charge is 0.326 e. The number of amides is 1. The molecule has 0 aliphatic rings. The molecule has 0 unspecified atom stereocenters. The van der Waals surface area contributed by atoms with Crippen molar-refractivity contribution in [1.29, 1.82) is 0 Å². The number of rotatable bonds is 6. The summed E-state index contributed by atoms with van der Waals surface area (Å²) in [7, 11) is 0. The van der Waals surface area contributed by atoms with Gasteiger partial charge in [0, 0.05) is 29.0 Å². The Labute approximate surface area is 170 Å². The third-order valence-corrected chi connectivity index (χ3v) is 5.60. The number of thiazole rings is 1. The molecule has 1 aromatic carbocycles. The second-order valence-corrected chi connectivity index (χ2v) is 7.79. The Morgan fingerprint density at radius 1 is 0.964 bits per heavy atom. The zero-order chi connectivity index (χ0) is 19.2. The van der Waals surface area contributed by atoms with Crippen LogP contribution < -0.4 is 5.32 Å². The van der Waals surface area contributed by atoms with Gasteiger partial charge in [0.25, 0.3) is 0 Å². The predicted molar refractivity (Wildman–Crippen MR) is 112 cm³/mol. The number of pyridine rings is 2. The van der Waals surface area contributed by atoms with E-state index < -0.39 is 0 Å². The maximum atomic E-state index is 12.4. The number of benzene rings is 1. The lowest BCUT2D eigenvalue weighted by Gasteiger charge is -2.06. The van der Waals surface area contributed by atoms with Crippen molar-refractivity contribution in [2.24, 2.45) is 0 Å². The standard InChI is InChI=1S/C21H16N4OS2/c26-18(12-17-14-27-21(25-17)15-6-2-1-3-7-15)24-16-9-11-23-20(13-16)28-19-8-4-5-10-22-19/h1-11,13-14H,12H2,(H,23,24,26). The van der Waals surface area contributed by atoms with Gasteiger partial charge < -0.3 is 5.32 Å². The van der Waals surface area contributed by atoms with Gasteiger partial charge in [-0.05, 0) is 24.3 Å². The number of anilines is 1. The van der Waals surface area contributed by atoms with Crippen molar-refractivity contribution in [1.82, 2.24) is 15.0 Å². The molecule has 1 N–H and O–H groups in total. The molecule has 0 aliphatic heterocycles. The van der Waals surface area contributed by atoms with Gasteiger partial charge in [-0.2, -0.15) is 0 Å². The molecule has 0 radical (unpaired) electrons. The summed E-state index contributed by atoms with van der Waals surface area (Å²) in [5, 5.41) is 7.39. The molecule has 0 spiro atoms. The molecule has 0 fully saturated rings. The monoisotopic (exact) mass is 404 g/mol. The van der Waals surface area contributed by atoms with Crippen LogP contribution in [0.4, 0.5) is 5.69 Å². The molecule has 5 nitrogen and oxygen atoms in total. The maximum absolute atomic E-state index is 12.4. The van der Waals surface area contributed by atoms with E-state index in [0.29, 0.717) is 5.69 Å². The van der Waals surface area contributed by atoms with Crippen LogP contribution >= 0.6 is 23.1 Å². The Bertz CT molecular complexity index is 1070. The van der Waals surface area contributed by atoms with Crippen LogP contribution in [0.25, 0.3) is 10.6 Å². The second-order valence-electron chi connectivity index (χ2n) is 5.89. The molecular weight excluding hydrogens is 388 g/mol. The van der Waals surface area contributed by atoms with E-state index in [1.807, 2.05) is 60.0 Å². The number of carbonyl (C=O) groups is 1. The number of nitrogens with zero attached hydrogens (tertiary/aromatic N) is 3. The topological polar surface area (TPSA) is 67.8 Å². The Morgan fingerprint density at radius 3 is 2.61 bits per heavy atom. The van der Waals surface area contributed by atoms with Crippen LogP contribution in [0.15, 0.2) is 88.5 Å².